The van der Waals surface area contributed by atoms with Crippen molar-refractivity contribution in [2.24, 2.45) is 0 Å². The lowest BCUT2D eigenvalue weighted by molar-refractivity contribution is 0.281. The highest BCUT2D eigenvalue weighted by molar-refractivity contribution is 7.99. The van der Waals surface area contributed by atoms with E-state index in [4.69, 9.17) is 0 Å². The second kappa shape index (κ2) is 8.46. The first-order chi connectivity index (χ1) is 7.36. The Morgan fingerprint density at radius 2 is 2.07 bits per heavy atom. The maximum atomic E-state index is 2.70. The summed E-state index contributed by atoms with van der Waals surface area (Å²) in [6.07, 6.45) is 8.47. The van der Waals surface area contributed by atoms with Crippen molar-refractivity contribution in [1.82, 2.24) is 4.90 Å². The molecule has 0 aromatic carbocycles. The van der Waals surface area contributed by atoms with Gasteiger partial charge in [0.1, 0.15) is 0 Å². The molecule has 1 unspecified atom stereocenters. The molecular formula is C13H27NS. The van der Waals surface area contributed by atoms with Gasteiger partial charge in [0.05, 0.1) is 0 Å². The standard InChI is InChI=1S/C13H27NS/c1-3-5-7-10-14-11-8-6-9-13(12-14)15-4-2/h13H,3-12H2,1-2H3. The SMILES string of the molecule is CCCCCN1CCCCC(SCC)C1. The van der Waals surface area contributed by atoms with Crippen LogP contribution in [0, 0.1) is 0 Å². The highest BCUT2D eigenvalue weighted by Crippen LogP contribution is 2.22. The summed E-state index contributed by atoms with van der Waals surface area (Å²) < 4.78 is 0. The summed E-state index contributed by atoms with van der Waals surface area (Å²) in [7, 11) is 0. The molecule has 0 aliphatic carbocycles. The Hall–Kier alpha value is 0.310. The average Bonchev–Trinajstić information content (AvgIpc) is 2.45. The van der Waals surface area contributed by atoms with E-state index in [1.165, 1.54) is 63.9 Å². The molecule has 1 nitrogen and oxygen atoms in total. The Labute approximate surface area is 100.0 Å². The Bertz CT molecular complexity index is 149. The minimum Gasteiger partial charge on any atom is -0.302 e. The van der Waals surface area contributed by atoms with Crippen LogP contribution in [0.15, 0.2) is 0 Å². The summed E-state index contributed by atoms with van der Waals surface area (Å²) in [6, 6.07) is 0. The number of likely N-dealkylation sites (tertiary alicyclic amines) is 1. The van der Waals surface area contributed by atoms with Crippen LogP contribution in [0.25, 0.3) is 0 Å². The summed E-state index contributed by atoms with van der Waals surface area (Å²) in [5, 5.41) is 0.916. The van der Waals surface area contributed by atoms with Gasteiger partial charge in [0.15, 0.2) is 0 Å². The zero-order valence-electron chi connectivity index (χ0n) is 10.5. The van der Waals surface area contributed by atoms with Crippen LogP contribution in [0.2, 0.25) is 0 Å². The molecule has 0 radical (unpaired) electrons. The number of hydrogen-bond donors (Lipinski definition) is 0. The number of unbranched alkanes of at least 4 members (excludes halogenated alkanes) is 2. The van der Waals surface area contributed by atoms with Crippen molar-refractivity contribution in [2.45, 2.75) is 57.6 Å². The highest BCUT2D eigenvalue weighted by atomic mass is 32.2. The van der Waals surface area contributed by atoms with Crippen molar-refractivity contribution in [3.05, 3.63) is 0 Å². The topological polar surface area (TPSA) is 3.24 Å². The molecule has 0 N–H and O–H groups in total. The van der Waals surface area contributed by atoms with Crippen LogP contribution < -0.4 is 0 Å². The first kappa shape index (κ1) is 13.4. The molecule has 1 aliphatic heterocycles. The molecule has 90 valence electrons. The molecule has 0 saturated carbocycles. The van der Waals surface area contributed by atoms with Gasteiger partial charge in [0.25, 0.3) is 0 Å². The van der Waals surface area contributed by atoms with E-state index in [9.17, 15) is 0 Å². The maximum absolute atomic E-state index is 2.70. The van der Waals surface area contributed by atoms with Crippen molar-refractivity contribution >= 4 is 11.8 Å². The first-order valence-corrected chi connectivity index (χ1v) is 7.75. The van der Waals surface area contributed by atoms with Gasteiger partial charge in [0.2, 0.25) is 0 Å². The van der Waals surface area contributed by atoms with Gasteiger partial charge >= 0.3 is 0 Å². The Kier molecular flexibility index (Phi) is 7.54. The number of rotatable bonds is 6. The monoisotopic (exact) mass is 229 g/mol. The van der Waals surface area contributed by atoms with Crippen LogP contribution in [-0.4, -0.2) is 35.5 Å². The van der Waals surface area contributed by atoms with Gasteiger partial charge in [-0.25, -0.2) is 0 Å². The lowest BCUT2D eigenvalue weighted by Gasteiger charge is -2.23. The van der Waals surface area contributed by atoms with E-state index >= 15 is 0 Å². The quantitative estimate of drug-likeness (QED) is 0.638. The lowest BCUT2D eigenvalue weighted by atomic mass is 10.2. The third kappa shape index (κ3) is 5.82. The summed E-state index contributed by atoms with van der Waals surface area (Å²) >= 11 is 2.17. The van der Waals surface area contributed by atoms with E-state index in [1.54, 1.807) is 0 Å². The third-order valence-electron chi connectivity index (χ3n) is 3.19. The Balaban J connectivity index is 2.22. The fraction of sp³-hybridized carbons (Fsp3) is 1.00. The summed E-state index contributed by atoms with van der Waals surface area (Å²) in [4.78, 5) is 2.70. The maximum Gasteiger partial charge on any atom is 0.0174 e. The summed E-state index contributed by atoms with van der Waals surface area (Å²) in [6.45, 7) is 8.62. The largest absolute Gasteiger partial charge is 0.302 e. The summed E-state index contributed by atoms with van der Waals surface area (Å²) in [5.74, 6) is 1.29. The van der Waals surface area contributed by atoms with Gasteiger partial charge < -0.3 is 4.90 Å². The molecule has 1 rings (SSSR count). The Morgan fingerprint density at radius 1 is 1.20 bits per heavy atom. The zero-order chi connectivity index (χ0) is 10.9. The fourth-order valence-electron chi connectivity index (χ4n) is 2.34. The van der Waals surface area contributed by atoms with Crippen LogP contribution in [-0.2, 0) is 0 Å². The van der Waals surface area contributed by atoms with Gasteiger partial charge in [0, 0.05) is 11.8 Å². The third-order valence-corrected chi connectivity index (χ3v) is 4.38. The second-order valence-electron chi connectivity index (χ2n) is 4.58. The average molecular weight is 229 g/mol. The van der Waals surface area contributed by atoms with Gasteiger partial charge in [-0.15, -0.1) is 0 Å². The second-order valence-corrected chi connectivity index (χ2v) is 6.16. The molecule has 0 aromatic rings. The van der Waals surface area contributed by atoms with E-state index < -0.39 is 0 Å². The zero-order valence-corrected chi connectivity index (χ0v) is 11.3. The summed E-state index contributed by atoms with van der Waals surface area (Å²) in [5.41, 5.74) is 0. The minimum atomic E-state index is 0.916. The van der Waals surface area contributed by atoms with E-state index in [-0.39, 0.29) is 0 Å². The number of nitrogens with zero attached hydrogens (tertiary/aromatic N) is 1. The van der Waals surface area contributed by atoms with Crippen LogP contribution in [0.3, 0.4) is 0 Å². The molecule has 1 saturated heterocycles. The van der Waals surface area contributed by atoms with Crippen molar-refractivity contribution in [3.8, 4) is 0 Å². The van der Waals surface area contributed by atoms with E-state index in [2.05, 4.69) is 30.5 Å². The molecule has 1 heterocycles. The molecule has 1 aliphatic rings. The highest BCUT2D eigenvalue weighted by Gasteiger charge is 2.17. The molecule has 0 spiro atoms. The van der Waals surface area contributed by atoms with Crippen LogP contribution in [0.4, 0.5) is 0 Å². The molecule has 1 atom stereocenters. The van der Waals surface area contributed by atoms with Gasteiger partial charge in [-0.2, -0.15) is 11.8 Å². The van der Waals surface area contributed by atoms with Crippen molar-refractivity contribution in [2.75, 3.05) is 25.4 Å². The predicted molar refractivity (Wildman–Crippen MR) is 71.7 cm³/mol. The fourth-order valence-corrected chi connectivity index (χ4v) is 3.46. The molecule has 2 heteroatoms. The van der Waals surface area contributed by atoms with Gasteiger partial charge in [-0.3, -0.25) is 0 Å². The molecule has 1 fully saturated rings. The van der Waals surface area contributed by atoms with Crippen LogP contribution in [0.5, 0.6) is 0 Å². The van der Waals surface area contributed by atoms with Crippen molar-refractivity contribution < 1.29 is 0 Å². The van der Waals surface area contributed by atoms with Crippen molar-refractivity contribution in [1.29, 1.82) is 0 Å². The van der Waals surface area contributed by atoms with Crippen molar-refractivity contribution in [3.63, 3.8) is 0 Å². The normalized spacial score (nSPS) is 24.0. The molecular weight excluding hydrogens is 202 g/mol. The van der Waals surface area contributed by atoms with E-state index in [0.29, 0.717) is 0 Å². The predicted octanol–water partition coefficient (Wildman–Crippen LogP) is 3.78. The molecule has 15 heavy (non-hydrogen) atoms. The molecule has 0 amide bonds. The number of hydrogen-bond acceptors (Lipinski definition) is 2. The van der Waals surface area contributed by atoms with Gasteiger partial charge in [-0.1, -0.05) is 33.1 Å². The minimum absolute atomic E-state index is 0.916. The Morgan fingerprint density at radius 3 is 2.80 bits per heavy atom. The van der Waals surface area contributed by atoms with Crippen LogP contribution in [0.1, 0.15) is 52.4 Å². The lowest BCUT2D eigenvalue weighted by Crippen LogP contribution is -2.30. The van der Waals surface area contributed by atoms with E-state index in [1.807, 2.05) is 0 Å². The molecule has 0 aromatic heterocycles. The van der Waals surface area contributed by atoms with E-state index in [0.717, 1.165) is 5.25 Å². The molecule has 0 bridgehead atoms. The smallest absolute Gasteiger partial charge is 0.0174 e. The van der Waals surface area contributed by atoms with Gasteiger partial charge in [-0.05, 0) is 38.1 Å². The first-order valence-electron chi connectivity index (χ1n) is 6.70. The van der Waals surface area contributed by atoms with Crippen LogP contribution >= 0.6 is 11.8 Å². The number of thioether (sulfide) groups is 1.